The Kier molecular flexibility index (Phi) is 4.80. The summed E-state index contributed by atoms with van der Waals surface area (Å²) in [4.78, 5) is 0. The van der Waals surface area contributed by atoms with E-state index >= 15 is 0 Å². The lowest BCUT2D eigenvalue weighted by Gasteiger charge is -2.29. The molecule has 0 aromatic heterocycles. The van der Waals surface area contributed by atoms with E-state index in [-0.39, 0.29) is 5.41 Å². The fourth-order valence-corrected chi connectivity index (χ4v) is 2.50. The van der Waals surface area contributed by atoms with E-state index in [9.17, 15) is 0 Å². The predicted molar refractivity (Wildman–Crippen MR) is 63.0 cm³/mol. The lowest BCUT2D eigenvalue weighted by molar-refractivity contribution is 0.296. The first-order valence-corrected chi connectivity index (χ1v) is 5.88. The molecule has 0 heteroatoms. The molecule has 0 unspecified atom stereocenters. The first-order chi connectivity index (χ1) is 6.83. The minimum atomic E-state index is 0.275. The molecule has 0 saturated heterocycles. The zero-order valence-electron chi connectivity index (χ0n) is 9.44. The number of allylic oxidation sites excluding steroid dienone is 1. The number of rotatable bonds is 2. The Morgan fingerprint density at radius 2 is 1.71 bits per heavy atom. The minimum absolute atomic E-state index is 0.275. The summed E-state index contributed by atoms with van der Waals surface area (Å²) < 4.78 is 0. The SMILES string of the molecule is C=CCC1(C#CC)CCCCCCC1. The van der Waals surface area contributed by atoms with Crippen molar-refractivity contribution in [2.45, 2.75) is 58.3 Å². The Bertz CT molecular complexity index is 218. The lowest BCUT2D eigenvalue weighted by atomic mass is 9.74. The molecule has 0 nitrogen and oxygen atoms in total. The van der Waals surface area contributed by atoms with Crippen molar-refractivity contribution in [2.24, 2.45) is 5.41 Å². The molecule has 0 atom stereocenters. The molecule has 14 heavy (non-hydrogen) atoms. The molecule has 1 rings (SSSR count). The summed E-state index contributed by atoms with van der Waals surface area (Å²) in [5.41, 5.74) is 0.275. The van der Waals surface area contributed by atoms with E-state index in [4.69, 9.17) is 0 Å². The van der Waals surface area contributed by atoms with Crippen LogP contribution in [0.5, 0.6) is 0 Å². The highest BCUT2D eigenvalue weighted by Crippen LogP contribution is 2.36. The van der Waals surface area contributed by atoms with Crippen molar-refractivity contribution < 1.29 is 0 Å². The Hall–Kier alpha value is -0.700. The molecule has 1 aliphatic rings. The van der Waals surface area contributed by atoms with Crippen LogP contribution in [0, 0.1) is 17.3 Å². The first-order valence-electron chi connectivity index (χ1n) is 5.88. The standard InChI is InChI=1S/C14H22/c1-3-10-14(11-4-2)12-8-6-5-7-9-13-14/h3H,1,5-10,12-13H2,2H3. The summed E-state index contributed by atoms with van der Waals surface area (Å²) in [6, 6.07) is 0. The summed E-state index contributed by atoms with van der Waals surface area (Å²) in [7, 11) is 0. The molecule has 0 heterocycles. The van der Waals surface area contributed by atoms with Crippen molar-refractivity contribution in [3.8, 4) is 11.8 Å². The molecule has 0 aromatic carbocycles. The Balaban J connectivity index is 2.68. The second-order valence-corrected chi connectivity index (χ2v) is 4.42. The molecule has 0 aromatic rings. The van der Waals surface area contributed by atoms with E-state index in [0.717, 1.165) is 6.42 Å². The molecule has 0 N–H and O–H groups in total. The maximum Gasteiger partial charge on any atom is 0.0348 e. The van der Waals surface area contributed by atoms with Crippen LogP contribution in [0.2, 0.25) is 0 Å². The molecule has 0 radical (unpaired) electrons. The average Bonchev–Trinajstić information content (AvgIpc) is 2.12. The van der Waals surface area contributed by atoms with Crippen LogP contribution in [0.3, 0.4) is 0 Å². The van der Waals surface area contributed by atoms with Gasteiger partial charge in [0.15, 0.2) is 0 Å². The summed E-state index contributed by atoms with van der Waals surface area (Å²) in [5, 5.41) is 0. The van der Waals surface area contributed by atoms with Crippen LogP contribution in [0.4, 0.5) is 0 Å². The average molecular weight is 190 g/mol. The molecule has 0 amide bonds. The molecular formula is C14H22. The topological polar surface area (TPSA) is 0 Å². The highest BCUT2D eigenvalue weighted by Gasteiger charge is 2.26. The second-order valence-electron chi connectivity index (χ2n) is 4.42. The summed E-state index contributed by atoms with van der Waals surface area (Å²) in [6.07, 6.45) is 12.6. The van der Waals surface area contributed by atoms with Crippen molar-refractivity contribution in [1.82, 2.24) is 0 Å². The normalized spacial score (nSPS) is 21.2. The van der Waals surface area contributed by atoms with Crippen molar-refractivity contribution in [1.29, 1.82) is 0 Å². The van der Waals surface area contributed by atoms with Crippen molar-refractivity contribution in [3.63, 3.8) is 0 Å². The maximum absolute atomic E-state index is 3.87. The fraction of sp³-hybridized carbons (Fsp3) is 0.714. The van der Waals surface area contributed by atoms with Crippen LogP contribution in [0.15, 0.2) is 12.7 Å². The third-order valence-corrected chi connectivity index (χ3v) is 3.24. The van der Waals surface area contributed by atoms with E-state index < -0.39 is 0 Å². The lowest BCUT2D eigenvalue weighted by Crippen LogP contribution is -2.19. The van der Waals surface area contributed by atoms with Gasteiger partial charge in [-0.25, -0.2) is 0 Å². The predicted octanol–water partition coefficient (Wildman–Crippen LogP) is 4.32. The highest BCUT2D eigenvalue weighted by molar-refractivity contribution is 5.12. The zero-order valence-corrected chi connectivity index (χ0v) is 9.44. The van der Waals surface area contributed by atoms with E-state index in [1.54, 1.807) is 0 Å². The van der Waals surface area contributed by atoms with Crippen molar-refractivity contribution in [3.05, 3.63) is 12.7 Å². The zero-order chi connectivity index (χ0) is 10.3. The molecule has 0 spiro atoms. The van der Waals surface area contributed by atoms with E-state index in [1.807, 2.05) is 13.0 Å². The van der Waals surface area contributed by atoms with Gasteiger partial charge in [-0.3, -0.25) is 0 Å². The van der Waals surface area contributed by atoms with Crippen LogP contribution in [0.1, 0.15) is 58.3 Å². The molecule has 78 valence electrons. The Morgan fingerprint density at radius 3 is 2.21 bits per heavy atom. The van der Waals surface area contributed by atoms with Gasteiger partial charge < -0.3 is 0 Å². The van der Waals surface area contributed by atoms with Gasteiger partial charge in [0.1, 0.15) is 0 Å². The van der Waals surface area contributed by atoms with Gasteiger partial charge in [0, 0.05) is 5.41 Å². The van der Waals surface area contributed by atoms with Crippen LogP contribution in [0.25, 0.3) is 0 Å². The fourth-order valence-electron chi connectivity index (χ4n) is 2.50. The van der Waals surface area contributed by atoms with Crippen LogP contribution < -0.4 is 0 Å². The van der Waals surface area contributed by atoms with Gasteiger partial charge in [-0.2, -0.15) is 0 Å². The van der Waals surface area contributed by atoms with E-state index in [2.05, 4.69) is 18.4 Å². The smallest absolute Gasteiger partial charge is 0.0348 e. The third-order valence-electron chi connectivity index (χ3n) is 3.24. The maximum atomic E-state index is 3.87. The summed E-state index contributed by atoms with van der Waals surface area (Å²) in [6.45, 7) is 5.83. The molecule has 1 saturated carbocycles. The number of hydrogen-bond acceptors (Lipinski definition) is 0. The van der Waals surface area contributed by atoms with Crippen LogP contribution >= 0.6 is 0 Å². The van der Waals surface area contributed by atoms with Crippen molar-refractivity contribution >= 4 is 0 Å². The van der Waals surface area contributed by atoms with Crippen molar-refractivity contribution in [2.75, 3.05) is 0 Å². The van der Waals surface area contributed by atoms with E-state index in [0.29, 0.717) is 0 Å². The monoisotopic (exact) mass is 190 g/mol. The van der Waals surface area contributed by atoms with Gasteiger partial charge in [0.05, 0.1) is 0 Å². The van der Waals surface area contributed by atoms with Crippen LogP contribution in [-0.2, 0) is 0 Å². The van der Waals surface area contributed by atoms with Gasteiger partial charge in [-0.15, -0.1) is 12.5 Å². The van der Waals surface area contributed by atoms with Gasteiger partial charge in [0.25, 0.3) is 0 Å². The molecule has 0 aliphatic heterocycles. The minimum Gasteiger partial charge on any atom is -0.106 e. The second kappa shape index (κ2) is 5.91. The molecule has 1 fully saturated rings. The van der Waals surface area contributed by atoms with Crippen LogP contribution in [-0.4, -0.2) is 0 Å². The Morgan fingerprint density at radius 1 is 1.14 bits per heavy atom. The van der Waals surface area contributed by atoms with Gasteiger partial charge in [-0.1, -0.05) is 44.1 Å². The largest absolute Gasteiger partial charge is 0.106 e. The molecule has 1 aliphatic carbocycles. The quantitative estimate of drug-likeness (QED) is 0.449. The highest BCUT2D eigenvalue weighted by atomic mass is 14.3. The van der Waals surface area contributed by atoms with Gasteiger partial charge >= 0.3 is 0 Å². The Labute approximate surface area is 88.8 Å². The van der Waals surface area contributed by atoms with Gasteiger partial charge in [-0.05, 0) is 26.2 Å². The molecular weight excluding hydrogens is 168 g/mol. The number of hydrogen-bond donors (Lipinski definition) is 0. The molecule has 0 bridgehead atoms. The summed E-state index contributed by atoms with van der Waals surface area (Å²) in [5.74, 6) is 6.56. The van der Waals surface area contributed by atoms with Gasteiger partial charge in [0.2, 0.25) is 0 Å². The summed E-state index contributed by atoms with van der Waals surface area (Å²) >= 11 is 0. The third kappa shape index (κ3) is 3.22. The first kappa shape index (κ1) is 11.4. The van der Waals surface area contributed by atoms with E-state index in [1.165, 1.54) is 44.9 Å².